The monoisotopic (exact) mass is 251 g/mol. The predicted molar refractivity (Wildman–Crippen MR) is 71.3 cm³/mol. The molecule has 0 aliphatic heterocycles. The molecule has 0 bridgehead atoms. The second-order valence-electron chi connectivity index (χ2n) is 4.60. The number of nitrogens with two attached hydrogens (primary N) is 1. The summed E-state index contributed by atoms with van der Waals surface area (Å²) in [6.07, 6.45) is 0.307. The summed E-state index contributed by atoms with van der Waals surface area (Å²) in [5.74, 6) is 1.44. The van der Waals surface area contributed by atoms with Crippen molar-refractivity contribution >= 4 is 5.78 Å². The fourth-order valence-corrected chi connectivity index (χ4v) is 1.59. The van der Waals surface area contributed by atoms with Gasteiger partial charge in [-0.2, -0.15) is 0 Å². The third-order valence-corrected chi connectivity index (χ3v) is 2.98. The van der Waals surface area contributed by atoms with Crippen LogP contribution in [0.15, 0.2) is 18.2 Å². The Hall–Kier alpha value is -1.55. The molecule has 0 aromatic heterocycles. The summed E-state index contributed by atoms with van der Waals surface area (Å²) in [7, 11) is 3.11. The maximum atomic E-state index is 12.2. The number of ether oxygens (including phenoxy) is 2. The first kappa shape index (κ1) is 14.5. The normalized spacial score (nSPS) is 12.3. The number of Topliss-reactive ketones (excluding diaryl/α,β-unsaturated/α-hetero) is 1. The highest BCUT2D eigenvalue weighted by atomic mass is 16.5. The van der Waals surface area contributed by atoms with Crippen molar-refractivity contribution < 1.29 is 14.3 Å². The summed E-state index contributed by atoms with van der Waals surface area (Å²) < 4.78 is 10.3. The molecule has 0 amide bonds. The fraction of sp³-hybridized carbons (Fsp3) is 0.500. The molecule has 4 heteroatoms. The Morgan fingerprint density at radius 1 is 1.28 bits per heavy atom. The van der Waals surface area contributed by atoms with E-state index < -0.39 is 0 Å². The minimum absolute atomic E-state index is 0.0213. The Balaban J connectivity index is 2.96. The number of hydrogen-bond donors (Lipinski definition) is 1. The van der Waals surface area contributed by atoms with Gasteiger partial charge in [-0.05, 0) is 24.1 Å². The zero-order valence-corrected chi connectivity index (χ0v) is 11.4. The minimum Gasteiger partial charge on any atom is -0.497 e. The van der Waals surface area contributed by atoms with Gasteiger partial charge in [0.1, 0.15) is 11.5 Å². The first-order chi connectivity index (χ1) is 8.49. The third-order valence-electron chi connectivity index (χ3n) is 2.98. The van der Waals surface area contributed by atoms with Crippen LogP contribution in [0.25, 0.3) is 0 Å². The predicted octanol–water partition coefficient (Wildman–Crippen LogP) is 2.26. The van der Waals surface area contributed by atoms with Crippen molar-refractivity contribution in [3.8, 4) is 11.5 Å². The van der Waals surface area contributed by atoms with Crippen molar-refractivity contribution in [2.24, 2.45) is 11.7 Å². The summed E-state index contributed by atoms with van der Waals surface area (Å²) in [5, 5.41) is 0. The molecule has 4 nitrogen and oxygen atoms in total. The van der Waals surface area contributed by atoms with Crippen LogP contribution in [0.2, 0.25) is 0 Å². The molecule has 0 heterocycles. The van der Waals surface area contributed by atoms with E-state index in [0.717, 1.165) is 0 Å². The standard InChI is InChI=1S/C14H21NO3/c1-9(2)12(15)8-13(16)11-7-10(17-3)5-6-14(11)18-4/h5-7,9,12H,8,15H2,1-4H3. The number of rotatable bonds is 6. The molecule has 1 aromatic carbocycles. The van der Waals surface area contributed by atoms with Gasteiger partial charge in [0.2, 0.25) is 0 Å². The topological polar surface area (TPSA) is 61.5 Å². The Bertz CT molecular complexity index is 416. The molecule has 18 heavy (non-hydrogen) atoms. The molecule has 0 fully saturated rings. The molecule has 1 aromatic rings. The highest BCUT2D eigenvalue weighted by molar-refractivity contribution is 5.99. The van der Waals surface area contributed by atoms with Crippen molar-refractivity contribution in [3.63, 3.8) is 0 Å². The second kappa shape index (κ2) is 6.40. The molecule has 0 saturated carbocycles. The van der Waals surface area contributed by atoms with Crippen molar-refractivity contribution in [1.29, 1.82) is 0 Å². The van der Waals surface area contributed by atoms with Gasteiger partial charge in [0.25, 0.3) is 0 Å². The van der Waals surface area contributed by atoms with Gasteiger partial charge in [-0.1, -0.05) is 13.8 Å². The van der Waals surface area contributed by atoms with Gasteiger partial charge < -0.3 is 15.2 Å². The second-order valence-corrected chi connectivity index (χ2v) is 4.60. The molecule has 100 valence electrons. The molecule has 1 atom stereocenters. The molecule has 0 aliphatic rings. The van der Waals surface area contributed by atoms with E-state index in [1.54, 1.807) is 32.4 Å². The van der Waals surface area contributed by atoms with Gasteiger partial charge in [-0.25, -0.2) is 0 Å². The molecule has 0 aliphatic carbocycles. The van der Waals surface area contributed by atoms with Crippen molar-refractivity contribution in [3.05, 3.63) is 23.8 Å². The van der Waals surface area contributed by atoms with Crippen LogP contribution in [0.4, 0.5) is 0 Å². The van der Waals surface area contributed by atoms with Crippen LogP contribution in [0.3, 0.4) is 0 Å². The number of hydrogen-bond acceptors (Lipinski definition) is 4. The first-order valence-corrected chi connectivity index (χ1v) is 6.00. The highest BCUT2D eigenvalue weighted by Crippen LogP contribution is 2.25. The van der Waals surface area contributed by atoms with E-state index in [-0.39, 0.29) is 17.7 Å². The van der Waals surface area contributed by atoms with E-state index in [4.69, 9.17) is 15.2 Å². The van der Waals surface area contributed by atoms with Crippen LogP contribution in [0.1, 0.15) is 30.6 Å². The summed E-state index contributed by atoms with van der Waals surface area (Å²) in [5.41, 5.74) is 6.45. The molecule has 1 rings (SSSR count). The van der Waals surface area contributed by atoms with Crippen LogP contribution in [0, 0.1) is 5.92 Å². The Labute approximate surface area is 108 Å². The van der Waals surface area contributed by atoms with Gasteiger partial charge in [-0.15, -0.1) is 0 Å². The Kier molecular flexibility index (Phi) is 5.16. The summed E-state index contributed by atoms with van der Waals surface area (Å²) in [6, 6.07) is 5.03. The highest BCUT2D eigenvalue weighted by Gasteiger charge is 2.18. The van der Waals surface area contributed by atoms with Gasteiger partial charge in [0, 0.05) is 12.5 Å². The number of carbonyl (C=O) groups excluding carboxylic acids is 1. The zero-order valence-electron chi connectivity index (χ0n) is 11.4. The van der Waals surface area contributed by atoms with Gasteiger partial charge in [-0.3, -0.25) is 4.79 Å². The molecular formula is C14H21NO3. The number of ketones is 1. The molecule has 0 spiro atoms. The van der Waals surface area contributed by atoms with E-state index in [2.05, 4.69) is 0 Å². The molecule has 0 saturated heterocycles. The van der Waals surface area contributed by atoms with E-state index >= 15 is 0 Å². The van der Waals surface area contributed by atoms with Crippen LogP contribution in [0.5, 0.6) is 11.5 Å². The summed E-state index contributed by atoms with van der Waals surface area (Å²) >= 11 is 0. The SMILES string of the molecule is COc1ccc(OC)c(C(=O)CC(N)C(C)C)c1. The van der Waals surface area contributed by atoms with Crippen LogP contribution in [-0.2, 0) is 0 Å². The zero-order chi connectivity index (χ0) is 13.7. The van der Waals surface area contributed by atoms with Crippen LogP contribution >= 0.6 is 0 Å². The van der Waals surface area contributed by atoms with Crippen molar-refractivity contribution in [2.45, 2.75) is 26.3 Å². The Morgan fingerprint density at radius 2 is 1.94 bits per heavy atom. The molecule has 1 unspecified atom stereocenters. The van der Waals surface area contributed by atoms with E-state index in [9.17, 15) is 4.79 Å². The first-order valence-electron chi connectivity index (χ1n) is 6.00. The van der Waals surface area contributed by atoms with Gasteiger partial charge >= 0.3 is 0 Å². The number of carbonyl (C=O) groups is 1. The van der Waals surface area contributed by atoms with E-state index in [0.29, 0.717) is 23.5 Å². The lowest BCUT2D eigenvalue weighted by Gasteiger charge is -2.16. The lowest BCUT2D eigenvalue weighted by Crippen LogP contribution is -2.29. The maximum Gasteiger partial charge on any atom is 0.168 e. The lowest BCUT2D eigenvalue weighted by molar-refractivity contribution is 0.0964. The molecule has 0 radical (unpaired) electrons. The Morgan fingerprint density at radius 3 is 2.44 bits per heavy atom. The quantitative estimate of drug-likeness (QED) is 0.788. The summed E-state index contributed by atoms with van der Waals surface area (Å²) in [4.78, 5) is 12.2. The largest absolute Gasteiger partial charge is 0.497 e. The molecular weight excluding hydrogens is 230 g/mol. The number of methoxy groups -OCH3 is 2. The number of benzene rings is 1. The average molecular weight is 251 g/mol. The van der Waals surface area contributed by atoms with Gasteiger partial charge in [0.15, 0.2) is 5.78 Å². The van der Waals surface area contributed by atoms with Crippen LogP contribution < -0.4 is 15.2 Å². The van der Waals surface area contributed by atoms with E-state index in [1.165, 1.54) is 0 Å². The minimum atomic E-state index is -0.145. The summed E-state index contributed by atoms with van der Waals surface area (Å²) in [6.45, 7) is 4.00. The smallest absolute Gasteiger partial charge is 0.168 e. The lowest BCUT2D eigenvalue weighted by atomic mass is 9.96. The fourth-order valence-electron chi connectivity index (χ4n) is 1.59. The van der Waals surface area contributed by atoms with Crippen molar-refractivity contribution in [2.75, 3.05) is 14.2 Å². The van der Waals surface area contributed by atoms with Crippen molar-refractivity contribution in [1.82, 2.24) is 0 Å². The van der Waals surface area contributed by atoms with Gasteiger partial charge in [0.05, 0.1) is 19.8 Å². The van der Waals surface area contributed by atoms with E-state index in [1.807, 2.05) is 13.8 Å². The third kappa shape index (κ3) is 3.47. The van der Waals surface area contributed by atoms with Crippen LogP contribution in [-0.4, -0.2) is 26.0 Å². The maximum absolute atomic E-state index is 12.2. The average Bonchev–Trinajstić information content (AvgIpc) is 2.37. The molecule has 2 N–H and O–H groups in total.